The van der Waals surface area contributed by atoms with Crippen LogP contribution in [-0.4, -0.2) is 25.2 Å². The van der Waals surface area contributed by atoms with Gasteiger partial charge in [-0.2, -0.15) is 0 Å². The van der Waals surface area contributed by atoms with Crippen LogP contribution in [0.15, 0.2) is 67.3 Å². The Morgan fingerprint density at radius 3 is 1.76 bits per heavy atom. The molecule has 0 amide bonds. The minimum Gasteiger partial charge on any atom is -0.462 e. The van der Waals surface area contributed by atoms with E-state index in [4.69, 9.17) is 9.47 Å². The number of unbranched alkanes of at least 4 members (excludes halogenated alkanes) is 9. The van der Waals surface area contributed by atoms with Gasteiger partial charge in [0.15, 0.2) is 0 Å². The van der Waals surface area contributed by atoms with Gasteiger partial charge in [0.25, 0.3) is 0 Å². The second-order valence-electron chi connectivity index (χ2n) is 8.75. The molecule has 4 nitrogen and oxygen atoms in total. The lowest BCUT2D eigenvalue weighted by Crippen LogP contribution is -2.12. The number of hydrogen-bond donors (Lipinski definition) is 0. The average Bonchev–Trinajstić information content (AvgIpc) is 2.88. The maximum atomic E-state index is 12.4. The minimum absolute atomic E-state index is 0.0646. The van der Waals surface area contributed by atoms with Gasteiger partial charge >= 0.3 is 11.9 Å². The van der Waals surface area contributed by atoms with Crippen molar-refractivity contribution in [2.24, 2.45) is 0 Å². The summed E-state index contributed by atoms with van der Waals surface area (Å²) >= 11 is 0. The van der Waals surface area contributed by atoms with Crippen molar-refractivity contribution in [1.82, 2.24) is 0 Å². The van der Waals surface area contributed by atoms with Crippen molar-refractivity contribution in [3.63, 3.8) is 0 Å². The molecule has 0 N–H and O–H groups in total. The molecule has 2 aromatic rings. The van der Waals surface area contributed by atoms with E-state index >= 15 is 0 Å². The van der Waals surface area contributed by atoms with E-state index in [2.05, 4.69) is 13.5 Å². The molecule has 0 aliphatic heterocycles. The van der Waals surface area contributed by atoms with Gasteiger partial charge in [0.1, 0.15) is 6.61 Å². The van der Waals surface area contributed by atoms with Gasteiger partial charge < -0.3 is 9.47 Å². The van der Waals surface area contributed by atoms with E-state index in [1.165, 1.54) is 51.4 Å². The van der Waals surface area contributed by atoms with Gasteiger partial charge in [-0.15, -0.1) is 6.58 Å². The van der Waals surface area contributed by atoms with Gasteiger partial charge in [-0.05, 0) is 36.2 Å². The predicted octanol–water partition coefficient (Wildman–Crippen LogP) is 7.89. The Bertz CT molecular complexity index is 842. The van der Waals surface area contributed by atoms with E-state index in [1.54, 1.807) is 30.3 Å². The van der Waals surface area contributed by atoms with E-state index in [-0.39, 0.29) is 18.5 Å². The monoisotopic (exact) mass is 464 g/mol. The third-order valence-corrected chi connectivity index (χ3v) is 5.99. The van der Waals surface area contributed by atoms with Crippen LogP contribution in [0.2, 0.25) is 0 Å². The van der Waals surface area contributed by atoms with Crippen molar-refractivity contribution in [2.45, 2.75) is 77.0 Å². The zero-order valence-corrected chi connectivity index (χ0v) is 20.7. The minimum atomic E-state index is -0.423. The van der Waals surface area contributed by atoms with Crippen molar-refractivity contribution >= 4 is 11.9 Å². The molecule has 0 aromatic heterocycles. The molecule has 0 spiro atoms. The molecule has 0 bridgehead atoms. The first-order valence-electron chi connectivity index (χ1n) is 12.8. The Kier molecular flexibility index (Phi) is 13.4. The highest BCUT2D eigenvalue weighted by Crippen LogP contribution is 2.18. The maximum Gasteiger partial charge on any atom is 0.338 e. The summed E-state index contributed by atoms with van der Waals surface area (Å²) in [6.07, 6.45) is 14.2. The number of rotatable bonds is 17. The lowest BCUT2D eigenvalue weighted by Gasteiger charge is -2.13. The third-order valence-electron chi connectivity index (χ3n) is 5.99. The van der Waals surface area contributed by atoms with Crippen LogP contribution in [0.4, 0.5) is 0 Å². The summed E-state index contributed by atoms with van der Waals surface area (Å²) in [5.41, 5.74) is 1.89. The first-order valence-corrected chi connectivity index (χ1v) is 12.8. The van der Waals surface area contributed by atoms with Crippen molar-refractivity contribution in [1.29, 1.82) is 0 Å². The Morgan fingerprint density at radius 1 is 0.735 bits per heavy atom. The third kappa shape index (κ3) is 10.4. The summed E-state index contributed by atoms with van der Waals surface area (Å²) in [7, 11) is 0. The van der Waals surface area contributed by atoms with Crippen LogP contribution >= 0.6 is 0 Å². The Labute approximate surface area is 205 Å². The molecule has 1 atom stereocenters. The highest BCUT2D eigenvalue weighted by Gasteiger charge is 2.14. The van der Waals surface area contributed by atoms with Crippen LogP contribution < -0.4 is 0 Å². The highest BCUT2D eigenvalue weighted by atomic mass is 16.5. The molecule has 0 radical (unpaired) electrons. The van der Waals surface area contributed by atoms with Gasteiger partial charge in [-0.1, -0.05) is 101 Å². The summed E-state index contributed by atoms with van der Waals surface area (Å²) in [6.45, 7) is 6.73. The average molecular weight is 465 g/mol. The molecule has 4 heteroatoms. The van der Waals surface area contributed by atoms with Crippen molar-refractivity contribution in [3.05, 3.63) is 83.9 Å². The van der Waals surface area contributed by atoms with E-state index < -0.39 is 5.97 Å². The van der Waals surface area contributed by atoms with E-state index in [1.807, 2.05) is 30.3 Å². The van der Waals surface area contributed by atoms with Crippen LogP contribution in [0.1, 0.15) is 103 Å². The quantitative estimate of drug-likeness (QED) is 0.136. The van der Waals surface area contributed by atoms with Crippen LogP contribution in [0, 0.1) is 0 Å². The fraction of sp³-hybridized carbons (Fsp3) is 0.467. The van der Waals surface area contributed by atoms with E-state index in [0.717, 1.165) is 18.4 Å². The summed E-state index contributed by atoms with van der Waals surface area (Å²) in [6, 6.07) is 16.2. The topological polar surface area (TPSA) is 52.6 Å². The molecule has 0 saturated carbocycles. The fourth-order valence-corrected chi connectivity index (χ4v) is 3.83. The van der Waals surface area contributed by atoms with Gasteiger partial charge in [-0.3, -0.25) is 0 Å². The number of carbonyl (C=O) groups is 2. The lowest BCUT2D eigenvalue weighted by atomic mass is 10.0. The summed E-state index contributed by atoms with van der Waals surface area (Å²) in [5.74, 6) is -0.843. The molecule has 0 heterocycles. The SMILES string of the molecule is C=CC(COC(=O)c1ccc(C(=O)OCCCCCCCCCCCC)cc1)c1ccccc1. The second-order valence-corrected chi connectivity index (χ2v) is 8.75. The predicted molar refractivity (Wildman–Crippen MR) is 138 cm³/mol. The van der Waals surface area contributed by atoms with Gasteiger partial charge in [0, 0.05) is 5.92 Å². The van der Waals surface area contributed by atoms with E-state index in [9.17, 15) is 9.59 Å². The molecule has 1 unspecified atom stereocenters. The highest BCUT2D eigenvalue weighted by molar-refractivity contribution is 5.93. The van der Waals surface area contributed by atoms with Crippen LogP contribution in [0.25, 0.3) is 0 Å². The first-order chi connectivity index (χ1) is 16.7. The van der Waals surface area contributed by atoms with Gasteiger partial charge in [0.05, 0.1) is 17.7 Å². The van der Waals surface area contributed by atoms with Crippen LogP contribution in [-0.2, 0) is 9.47 Å². The number of esters is 2. The summed E-state index contributed by atoms with van der Waals surface area (Å²) < 4.78 is 10.8. The Hall–Kier alpha value is -2.88. The molecule has 2 rings (SSSR count). The van der Waals surface area contributed by atoms with Crippen molar-refractivity contribution in [2.75, 3.05) is 13.2 Å². The lowest BCUT2D eigenvalue weighted by molar-refractivity contribution is 0.0481. The van der Waals surface area contributed by atoms with E-state index in [0.29, 0.717) is 17.7 Å². The number of ether oxygens (including phenoxy) is 2. The van der Waals surface area contributed by atoms with Gasteiger partial charge in [0.2, 0.25) is 0 Å². The molecular weight excluding hydrogens is 424 g/mol. The normalized spacial score (nSPS) is 11.6. The molecule has 0 saturated heterocycles. The van der Waals surface area contributed by atoms with Crippen LogP contribution in [0.3, 0.4) is 0 Å². The molecule has 34 heavy (non-hydrogen) atoms. The Morgan fingerprint density at radius 2 is 1.24 bits per heavy atom. The largest absolute Gasteiger partial charge is 0.462 e. The molecule has 2 aromatic carbocycles. The first kappa shape index (κ1) is 27.4. The Balaban J connectivity index is 1.63. The van der Waals surface area contributed by atoms with Gasteiger partial charge in [-0.25, -0.2) is 9.59 Å². The van der Waals surface area contributed by atoms with Crippen molar-refractivity contribution in [3.8, 4) is 0 Å². The van der Waals surface area contributed by atoms with Crippen molar-refractivity contribution < 1.29 is 19.1 Å². The zero-order chi connectivity index (χ0) is 24.4. The molecule has 0 aliphatic rings. The smallest absolute Gasteiger partial charge is 0.338 e. The number of benzene rings is 2. The molecular formula is C30H40O4. The fourth-order valence-electron chi connectivity index (χ4n) is 3.83. The molecule has 0 fully saturated rings. The molecule has 0 aliphatic carbocycles. The second kappa shape index (κ2) is 16.7. The standard InChI is InChI=1S/C30H40O4/c1-3-5-6-7-8-9-10-11-12-16-23-33-29(31)27-19-21-28(22-20-27)30(32)34-24-25(4-2)26-17-14-13-15-18-26/h4,13-15,17-22,25H,2-3,5-12,16,23-24H2,1H3. The zero-order valence-electron chi connectivity index (χ0n) is 20.7. The number of carbonyl (C=O) groups excluding carboxylic acids is 2. The number of hydrogen-bond acceptors (Lipinski definition) is 4. The molecule has 184 valence electrons. The van der Waals surface area contributed by atoms with Crippen LogP contribution in [0.5, 0.6) is 0 Å². The maximum absolute atomic E-state index is 12.4. The summed E-state index contributed by atoms with van der Waals surface area (Å²) in [4.78, 5) is 24.6. The summed E-state index contributed by atoms with van der Waals surface area (Å²) in [5, 5.41) is 0.